The van der Waals surface area contributed by atoms with Crippen LogP contribution in [0, 0.1) is 13.8 Å². The number of nitrogens with one attached hydrogen (secondary N) is 2. The summed E-state index contributed by atoms with van der Waals surface area (Å²) in [6.07, 6.45) is 1.08. The average Bonchev–Trinajstić information content (AvgIpc) is 2.61. The lowest BCUT2D eigenvalue weighted by atomic mass is 9.93. The number of carbonyl (C=O) groups excluding carboxylic acids is 1. The fourth-order valence-corrected chi connectivity index (χ4v) is 3.97. The second kappa shape index (κ2) is 8.86. The minimum Gasteiger partial charge on any atom is -0.496 e. The van der Waals surface area contributed by atoms with Crippen LogP contribution < -0.4 is 14.8 Å². The van der Waals surface area contributed by atoms with Gasteiger partial charge in [-0.1, -0.05) is 19.9 Å². The van der Waals surface area contributed by atoms with Crippen LogP contribution in [0.2, 0.25) is 0 Å². The van der Waals surface area contributed by atoms with Gasteiger partial charge >= 0.3 is 0 Å². The number of sulfonamides is 1. The number of carbonyl (C=O) groups is 1. The van der Waals surface area contributed by atoms with Gasteiger partial charge in [0, 0.05) is 5.56 Å². The maximum atomic E-state index is 12.9. The second-order valence-corrected chi connectivity index (χ2v) is 9.40. The van der Waals surface area contributed by atoms with Crippen molar-refractivity contribution in [2.24, 2.45) is 0 Å². The minimum absolute atomic E-state index is 0.225. The first kappa shape index (κ1) is 22.7. The number of rotatable bonds is 7. The van der Waals surface area contributed by atoms with E-state index in [0.717, 1.165) is 28.7 Å². The van der Waals surface area contributed by atoms with Crippen LogP contribution >= 0.6 is 0 Å². The Hall–Kier alpha value is -2.54. The molecule has 0 aromatic heterocycles. The van der Waals surface area contributed by atoms with Crippen molar-refractivity contribution in [3.8, 4) is 5.75 Å². The number of aryl methyl sites for hydroxylation is 1. The van der Waals surface area contributed by atoms with E-state index in [9.17, 15) is 13.2 Å². The van der Waals surface area contributed by atoms with Crippen LogP contribution in [0.3, 0.4) is 0 Å². The molecule has 0 radical (unpaired) electrons. The molecule has 2 aromatic rings. The molecule has 0 aliphatic heterocycles. The summed E-state index contributed by atoms with van der Waals surface area (Å²) < 4.78 is 31.1. The third-order valence-corrected chi connectivity index (χ3v) is 5.52. The van der Waals surface area contributed by atoms with Gasteiger partial charge in [0.25, 0.3) is 5.91 Å². The van der Waals surface area contributed by atoms with Crippen molar-refractivity contribution in [2.75, 3.05) is 18.1 Å². The standard InChI is InChI=1S/C22H30N2O4S/c1-13(2)18-12-19(14(3)11-21(18)28-6)16(5)23-22(25)17-9-8-10-20(15(17)4)24-29(7,26)27/h8-13,16,24H,1-7H3,(H,23,25)/t16-/m1/s1. The molecule has 1 amide bonds. The van der Waals surface area contributed by atoms with E-state index in [1.54, 1.807) is 32.2 Å². The Morgan fingerprint density at radius 1 is 1.07 bits per heavy atom. The molecular weight excluding hydrogens is 388 g/mol. The monoisotopic (exact) mass is 418 g/mol. The summed E-state index contributed by atoms with van der Waals surface area (Å²) in [5.74, 6) is 0.872. The molecule has 0 fully saturated rings. The number of hydrogen-bond acceptors (Lipinski definition) is 4. The maximum Gasteiger partial charge on any atom is 0.252 e. The van der Waals surface area contributed by atoms with Crippen molar-refractivity contribution >= 4 is 21.6 Å². The van der Waals surface area contributed by atoms with Crippen molar-refractivity contribution in [3.63, 3.8) is 0 Å². The first-order chi connectivity index (χ1) is 13.4. The quantitative estimate of drug-likeness (QED) is 0.702. The zero-order valence-electron chi connectivity index (χ0n) is 18.1. The largest absolute Gasteiger partial charge is 0.496 e. The summed E-state index contributed by atoms with van der Waals surface area (Å²) in [7, 11) is -1.77. The lowest BCUT2D eigenvalue weighted by Gasteiger charge is -2.21. The predicted octanol–water partition coefficient (Wildman–Crippen LogP) is 4.30. The zero-order valence-corrected chi connectivity index (χ0v) is 18.9. The highest BCUT2D eigenvalue weighted by molar-refractivity contribution is 7.92. The summed E-state index contributed by atoms with van der Waals surface area (Å²) in [5, 5.41) is 3.03. The molecule has 0 saturated carbocycles. The Kier molecular flexibility index (Phi) is 6.95. The molecule has 0 saturated heterocycles. The summed E-state index contributed by atoms with van der Waals surface area (Å²) in [5.41, 5.74) is 4.55. The van der Waals surface area contributed by atoms with E-state index in [4.69, 9.17) is 4.74 Å². The predicted molar refractivity (Wildman–Crippen MR) is 117 cm³/mol. The van der Waals surface area contributed by atoms with Crippen molar-refractivity contribution in [3.05, 3.63) is 58.1 Å². The number of ether oxygens (including phenoxy) is 1. The van der Waals surface area contributed by atoms with Crippen LogP contribution in [0.4, 0.5) is 5.69 Å². The Bertz CT molecular complexity index is 1010. The molecule has 1 atom stereocenters. The zero-order chi connectivity index (χ0) is 21.9. The van der Waals surface area contributed by atoms with E-state index in [-0.39, 0.29) is 17.9 Å². The Labute approximate surface area is 173 Å². The third-order valence-electron chi connectivity index (χ3n) is 4.93. The topological polar surface area (TPSA) is 84.5 Å². The lowest BCUT2D eigenvalue weighted by Crippen LogP contribution is -2.28. The molecule has 0 aliphatic carbocycles. The fourth-order valence-electron chi connectivity index (χ4n) is 3.35. The van der Waals surface area contributed by atoms with Gasteiger partial charge in [0.05, 0.1) is 25.1 Å². The van der Waals surface area contributed by atoms with Crippen molar-refractivity contribution in [1.82, 2.24) is 5.32 Å². The molecular formula is C22H30N2O4S. The van der Waals surface area contributed by atoms with E-state index < -0.39 is 10.0 Å². The highest BCUT2D eigenvalue weighted by Crippen LogP contribution is 2.32. The molecule has 6 nitrogen and oxygen atoms in total. The van der Waals surface area contributed by atoms with Gasteiger partial charge < -0.3 is 10.1 Å². The van der Waals surface area contributed by atoms with Gasteiger partial charge in [-0.05, 0) is 73.2 Å². The second-order valence-electron chi connectivity index (χ2n) is 7.65. The summed E-state index contributed by atoms with van der Waals surface area (Å²) in [6.45, 7) is 9.85. The lowest BCUT2D eigenvalue weighted by molar-refractivity contribution is 0.0939. The van der Waals surface area contributed by atoms with Crippen LogP contribution in [0.25, 0.3) is 0 Å². The third kappa shape index (κ3) is 5.50. The van der Waals surface area contributed by atoms with Crippen molar-refractivity contribution < 1.29 is 17.9 Å². The smallest absolute Gasteiger partial charge is 0.252 e. The van der Waals surface area contributed by atoms with Gasteiger partial charge in [0.15, 0.2) is 0 Å². The Morgan fingerprint density at radius 3 is 2.28 bits per heavy atom. The van der Waals surface area contributed by atoms with Crippen LogP contribution in [-0.2, 0) is 10.0 Å². The number of hydrogen-bond donors (Lipinski definition) is 2. The maximum absolute atomic E-state index is 12.9. The summed E-state index contributed by atoms with van der Waals surface area (Å²) in [6, 6.07) is 8.84. The molecule has 29 heavy (non-hydrogen) atoms. The van der Waals surface area contributed by atoms with E-state index >= 15 is 0 Å². The summed E-state index contributed by atoms with van der Waals surface area (Å²) in [4.78, 5) is 12.9. The highest BCUT2D eigenvalue weighted by Gasteiger charge is 2.19. The SMILES string of the molecule is COc1cc(C)c([C@@H](C)NC(=O)c2cccc(NS(C)(=O)=O)c2C)cc1C(C)C. The van der Waals surface area contributed by atoms with Gasteiger partial charge in [0.2, 0.25) is 10.0 Å². The molecule has 0 heterocycles. The number of benzene rings is 2. The Morgan fingerprint density at radius 2 is 1.72 bits per heavy atom. The molecule has 158 valence electrons. The van der Waals surface area contributed by atoms with Gasteiger partial charge in [0.1, 0.15) is 5.75 Å². The van der Waals surface area contributed by atoms with Gasteiger partial charge in [-0.3, -0.25) is 9.52 Å². The average molecular weight is 419 g/mol. The first-order valence-corrected chi connectivity index (χ1v) is 11.4. The molecule has 0 aliphatic rings. The fraction of sp³-hybridized carbons (Fsp3) is 0.409. The van der Waals surface area contributed by atoms with E-state index in [1.165, 1.54) is 0 Å². The highest BCUT2D eigenvalue weighted by atomic mass is 32.2. The van der Waals surface area contributed by atoms with Crippen molar-refractivity contribution in [1.29, 1.82) is 0 Å². The van der Waals surface area contributed by atoms with E-state index in [1.807, 2.05) is 19.9 Å². The molecule has 2 rings (SSSR count). The number of anilines is 1. The number of methoxy groups -OCH3 is 1. The van der Waals surface area contributed by atoms with Crippen molar-refractivity contribution in [2.45, 2.75) is 46.6 Å². The van der Waals surface area contributed by atoms with E-state index in [0.29, 0.717) is 16.8 Å². The molecule has 0 bridgehead atoms. The summed E-state index contributed by atoms with van der Waals surface area (Å²) >= 11 is 0. The van der Waals surface area contributed by atoms with Crippen LogP contribution in [0.1, 0.15) is 65.3 Å². The van der Waals surface area contributed by atoms with Crippen LogP contribution in [-0.4, -0.2) is 27.7 Å². The van der Waals surface area contributed by atoms with Crippen LogP contribution in [0.15, 0.2) is 30.3 Å². The first-order valence-electron chi connectivity index (χ1n) is 9.51. The molecule has 0 unspecified atom stereocenters. The molecule has 2 N–H and O–H groups in total. The van der Waals surface area contributed by atoms with E-state index in [2.05, 4.69) is 30.0 Å². The van der Waals surface area contributed by atoms with Gasteiger partial charge in [-0.15, -0.1) is 0 Å². The minimum atomic E-state index is -3.43. The Balaban J connectivity index is 2.32. The van der Waals surface area contributed by atoms with Gasteiger partial charge in [-0.2, -0.15) is 0 Å². The number of amides is 1. The molecule has 0 spiro atoms. The normalized spacial score (nSPS) is 12.6. The molecule has 7 heteroatoms. The van der Waals surface area contributed by atoms with Crippen LogP contribution in [0.5, 0.6) is 5.75 Å². The van der Waals surface area contributed by atoms with Gasteiger partial charge in [-0.25, -0.2) is 8.42 Å². The molecule has 2 aromatic carbocycles.